The molecular formula is C17H22BrClN2O4. The Balaban J connectivity index is 2.99. The fourth-order valence-corrected chi connectivity index (χ4v) is 2.87. The van der Waals surface area contributed by atoms with E-state index in [1.54, 1.807) is 32.0 Å². The lowest BCUT2D eigenvalue weighted by Gasteiger charge is -2.24. The Morgan fingerprint density at radius 2 is 1.88 bits per heavy atom. The van der Waals surface area contributed by atoms with E-state index in [2.05, 4.69) is 26.6 Å². The van der Waals surface area contributed by atoms with Gasteiger partial charge in [0, 0.05) is 22.8 Å². The van der Waals surface area contributed by atoms with Crippen molar-refractivity contribution in [1.29, 1.82) is 0 Å². The maximum atomic E-state index is 12.5. The van der Waals surface area contributed by atoms with Crippen molar-refractivity contribution in [3.63, 3.8) is 0 Å². The molecule has 6 nitrogen and oxygen atoms in total. The number of amides is 2. The van der Waals surface area contributed by atoms with Gasteiger partial charge in [-0.25, -0.2) is 4.79 Å². The van der Waals surface area contributed by atoms with Crippen LogP contribution in [-0.2, 0) is 25.5 Å². The number of hydrogen-bond donors (Lipinski definition) is 2. The maximum Gasteiger partial charge on any atom is 0.328 e. The van der Waals surface area contributed by atoms with Crippen LogP contribution in [0.25, 0.3) is 0 Å². The highest BCUT2D eigenvalue weighted by atomic mass is 79.9. The van der Waals surface area contributed by atoms with Gasteiger partial charge in [-0.1, -0.05) is 41.4 Å². The van der Waals surface area contributed by atoms with E-state index in [0.717, 1.165) is 10.0 Å². The molecule has 2 amide bonds. The normalized spacial score (nSPS) is 13.1. The molecule has 2 atom stereocenters. The first-order valence-corrected chi connectivity index (χ1v) is 8.92. The average molecular weight is 434 g/mol. The quantitative estimate of drug-likeness (QED) is 0.647. The van der Waals surface area contributed by atoms with E-state index in [-0.39, 0.29) is 18.2 Å². The Morgan fingerprint density at radius 3 is 2.40 bits per heavy atom. The van der Waals surface area contributed by atoms with Gasteiger partial charge in [0.1, 0.15) is 12.1 Å². The van der Waals surface area contributed by atoms with E-state index in [4.69, 9.17) is 16.3 Å². The number of rotatable bonds is 7. The summed E-state index contributed by atoms with van der Waals surface area (Å²) in [6.07, 6.45) is 0.199. The minimum atomic E-state index is -0.901. The zero-order valence-electron chi connectivity index (χ0n) is 14.6. The zero-order chi connectivity index (χ0) is 19.1. The molecule has 0 fully saturated rings. The number of benzene rings is 1. The highest BCUT2D eigenvalue weighted by molar-refractivity contribution is 9.10. The van der Waals surface area contributed by atoms with Crippen LogP contribution in [0.2, 0.25) is 5.02 Å². The molecule has 138 valence electrons. The van der Waals surface area contributed by atoms with Gasteiger partial charge in [-0.05, 0) is 29.7 Å². The lowest BCUT2D eigenvalue weighted by molar-refractivity contribution is -0.145. The second-order valence-corrected chi connectivity index (χ2v) is 7.24. The molecule has 0 aliphatic rings. The highest BCUT2D eigenvalue weighted by Gasteiger charge is 2.29. The summed E-state index contributed by atoms with van der Waals surface area (Å²) in [5.74, 6) is -1.48. The minimum Gasteiger partial charge on any atom is -0.467 e. The van der Waals surface area contributed by atoms with Crippen LogP contribution in [0.5, 0.6) is 0 Å². The van der Waals surface area contributed by atoms with Crippen molar-refractivity contribution in [1.82, 2.24) is 10.6 Å². The molecule has 0 bridgehead atoms. The van der Waals surface area contributed by atoms with Gasteiger partial charge in [0.25, 0.3) is 0 Å². The maximum absolute atomic E-state index is 12.5. The van der Waals surface area contributed by atoms with Gasteiger partial charge in [0.2, 0.25) is 11.8 Å². The standard InChI is InChI=1S/C17H22BrClN2O4/c1-9(2)15(20-10(3)22)16(23)21-14(17(24)25-4)8-11-7-12(19)5-6-13(11)18/h5-7,9,14-15H,8H2,1-4H3,(H,20,22)(H,21,23)/t14-,15-/m1/s1. The Bertz CT molecular complexity index is 652. The molecule has 0 saturated carbocycles. The third-order valence-electron chi connectivity index (χ3n) is 3.54. The third-order valence-corrected chi connectivity index (χ3v) is 4.55. The second-order valence-electron chi connectivity index (χ2n) is 5.95. The summed E-state index contributed by atoms with van der Waals surface area (Å²) in [4.78, 5) is 35.9. The average Bonchev–Trinajstić information content (AvgIpc) is 2.53. The Labute approximate surface area is 160 Å². The van der Waals surface area contributed by atoms with E-state index in [1.165, 1.54) is 14.0 Å². The van der Waals surface area contributed by atoms with Crippen molar-refractivity contribution in [3.8, 4) is 0 Å². The molecule has 0 spiro atoms. The topological polar surface area (TPSA) is 84.5 Å². The second kappa shape index (κ2) is 9.77. The predicted octanol–water partition coefficient (Wildman–Crippen LogP) is 2.46. The Morgan fingerprint density at radius 1 is 1.24 bits per heavy atom. The largest absolute Gasteiger partial charge is 0.467 e. The number of esters is 1. The SMILES string of the molecule is COC(=O)[C@@H](Cc1cc(Cl)ccc1Br)NC(=O)[C@H](NC(C)=O)C(C)C. The van der Waals surface area contributed by atoms with Crippen LogP contribution < -0.4 is 10.6 Å². The van der Waals surface area contributed by atoms with Gasteiger partial charge in [-0.2, -0.15) is 0 Å². The minimum absolute atomic E-state index is 0.139. The van der Waals surface area contributed by atoms with Crippen molar-refractivity contribution in [2.45, 2.75) is 39.3 Å². The molecule has 0 aliphatic heterocycles. The molecular weight excluding hydrogens is 412 g/mol. The summed E-state index contributed by atoms with van der Waals surface area (Å²) in [6.45, 7) is 4.95. The molecule has 8 heteroatoms. The lowest BCUT2D eigenvalue weighted by Crippen LogP contribution is -2.54. The van der Waals surface area contributed by atoms with E-state index in [9.17, 15) is 14.4 Å². The first-order chi connectivity index (χ1) is 11.6. The van der Waals surface area contributed by atoms with Crippen molar-refractivity contribution in [3.05, 3.63) is 33.3 Å². The van der Waals surface area contributed by atoms with Crippen LogP contribution in [-0.4, -0.2) is 37.0 Å². The number of carbonyl (C=O) groups is 3. The van der Waals surface area contributed by atoms with Gasteiger partial charge < -0.3 is 15.4 Å². The fourth-order valence-electron chi connectivity index (χ4n) is 2.27. The molecule has 0 aromatic heterocycles. The van der Waals surface area contributed by atoms with Gasteiger partial charge in [0.15, 0.2) is 0 Å². The van der Waals surface area contributed by atoms with Crippen molar-refractivity contribution in [2.75, 3.05) is 7.11 Å². The van der Waals surface area contributed by atoms with Gasteiger partial charge in [0.05, 0.1) is 7.11 Å². The molecule has 0 unspecified atom stereocenters. The van der Waals surface area contributed by atoms with Gasteiger partial charge in [-0.15, -0.1) is 0 Å². The summed E-state index contributed by atoms with van der Waals surface area (Å²) in [7, 11) is 1.25. The molecule has 1 aromatic rings. The highest BCUT2D eigenvalue weighted by Crippen LogP contribution is 2.22. The van der Waals surface area contributed by atoms with E-state index in [0.29, 0.717) is 5.02 Å². The number of hydrogen-bond acceptors (Lipinski definition) is 4. The first-order valence-electron chi connectivity index (χ1n) is 7.75. The van der Waals surface area contributed by atoms with Crippen LogP contribution in [0, 0.1) is 5.92 Å². The number of methoxy groups -OCH3 is 1. The Kier molecular flexibility index (Phi) is 8.38. The third kappa shape index (κ3) is 6.66. The van der Waals surface area contributed by atoms with Crippen LogP contribution in [0.4, 0.5) is 0 Å². The van der Waals surface area contributed by atoms with Crippen LogP contribution in [0.3, 0.4) is 0 Å². The van der Waals surface area contributed by atoms with Crippen molar-refractivity contribution >= 4 is 45.3 Å². The van der Waals surface area contributed by atoms with Crippen molar-refractivity contribution < 1.29 is 19.1 Å². The predicted molar refractivity (Wildman–Crippen MR) is 99.2 cm³/mol. The molecule has 1 rings (SSSR count). The number of nitrogens with one attached hydrogen (secondary N) is 2. The summed E-state index contributed by atoms with van der Waals surface area (Å²) < 4.78 is 5.55. The summed E-state index contributed by atoms with van der Waals surface area (Å²) >= 11 is 9.40. The fraction of sp³-hybridized carbons (Fsp3) is 0.471. The number of carbonyl (C=O) groups excluding carboxylic acids is 3. The van der Waals surface area contributed by atoms with E-state index < -0.39 is 24.0 Å². The van der Waals surface area contributed by atoms with E-state index in [1.807, 2.05) is 0 Å². The molecule has 25 heavy (non-hydrogen) atoms. The lowest BCUT2D eigenvalue weighted by atomic mass is 10.0. The zero-order valence-corrected chi connectivity index (χ0v) is 16.9. The van der Waals surface area contributed by atoms with Crippen LogP contribution >= 0.6 is 27.5 Å². The molecule has 0 aliphatic carbocycles. The van der Waals surface area contributed by atoms with Crippen LogP contribution in [0.15, 0.2) is 22.7 Å². The molecule has 0 radical (unpaired) electrons. The summed E-state index contributed by atoms with van der Waals surface area (Å²) in [6, 6.07) is 3.55. The number of halogens is 2. The monoisotopic (exact) mass is 432 g/mol. The molecule has 1 aromatic carbocycles. The first kappa shape index (κ1) is 21.4. The smallest absolute Gasteiger partial charge is 0.328 e. The van der Waals surface area contributed by atoms with Crippen LogP contribution in [0.1, 0.15) is 26.3 Å². The summed E-state index contributed by atoms with van der Waals surface area (Å²) in [5, 5.41) is 5.77. The van der Waals surface area contributed by atoms with E-state index >= 15 is 0 Å². The van der Waals surface area contributed by atoms with Gasteiger partial charge in [-0.3, -0.25) is 9.59 Å². The molecule has 0 heterocycles. The van der Waals surface area contributed by atoms with Crippen molar-refractivity contribution in [2.24, 2.45) is 5.92 Å². The number of ether oxygens (including phenoxy) is 1. The Hall–Kier alpha value is -1.60. The molecule has 0 saturated heterocycles. The van der Waals surface area contributed by atoms with Gasteiger partial charge >= 0.3 is 5.97 Å². The summed E-state index contributed by atoms with van der Waals surface area (Å²) in [5.41, 5.74) is 0.754. The molecule has 2 N–H and O–H groups in total.